The van der Waals surface area contributed by atoms with Gasteiger partial charge in [-0.1, -0.05) is 11.3 Å². The summed E-state index contributed by atoms with van der Waals surface area (Å²) in [6.07, 6.45) is 2.65. The van der Waals surface area contributed by atoms with Gasteiger partial charge in [0, 0.05) is 17.6 Å². The number of ether oxygens (including phenoxy) is 1. The fraction of sp³-hybridized carbons (Fsp3) is 0.636. The van der Waals surface area contributed by atoms with Crippen molar-refractivity contribution in [1.82, 2.24) is 4.57 Å². The minimum absolute atomic E-state index is 0.0150. The number of hydrogen-bond acceptors (Lipinski definition) is 4. The van der Waals surface area contributed by atoms with E-state index in [1.54, 1.807) is 18.5 Å². The average molecular weight is 241 g/mol. The van der Waals surface area contributed by atoms with Crippen molar-refractivity contribution < 1.29 is 9.53 Å². The summed E-state index contributed by atoms with van der Waals surface area (Å²) >= 11 is 1.26. The van der Waals surface area contributed by atoms with Gasteiger partial charge in [0.2, 0.25) is 0 Å². The average Bonchev–Trinajstić information content (AvgIpc) is 2.55. The minimum atomic E-state index is -0.243. The predicted octanol–water partition coefficient (Wildman–Crippen LogP) is 1.43. The van der Waals surface area contributed by atoms with Gasteiger partial charge in [-0.05, 0) is 26.2 Å². The SMILES string of the molecule is CCOC(=O)C1CCCc2sc(=O)n(C)c21. The van der Waals surface area contributed by atoms with Crippen LogP contribution in [0.1, 0.15) is 36.3 Å². The molecule has 1 aliphatic rings. The van der Waals surface area contributed by atoms with Gasteiger partial charge in [0.1, 0.15) is 0 Å². The lowest BCUT2D eigenvalue weighted by atomic mass is 9.91. The van der Waals surface area contributed by atoms with Crippen molar-refractivity contribution in [2.75, 3.05) is 6.61 Å². The Morgan fingerprint density at radius 1 is 1.62 bits per heavy atom. The van der Waals surface area contributed by atoms with Crippen molar-refractivity contribution >= 4 is 17.3 Å². The van der Waals surface area contributed by atoms with Crippen molar-refractivity contribution in [3.63, 3.8) is 0 Å². The summed E-state index contributed by atoms with van der Waals surface area (Å²) < 4.78 is 6.65. The summed E-state index contributed by atoms with van der Waals surface area (Å²) in [5.41, 5.74) is 0.875. The Kier molecular flexibility index (Phi) is 3.14. The maximum absolute atomic E-state index is 11.8. The fourth-order valence-electron chi connectivity index (χ4n) is 2.19. The van der Waals surface area contributed by atoms with Crippen LogP contribution in [-0.2, 0) is 23.0 Å². The zero-order valence-corrected chi connectivity index (χ0v) is 10.3. The molecule has 0 saturated carbocycles. The lowest BCUT2D eigenvalue weighted by Gasteiger charge is -2.21. The minimum Gasteiger partial charge on any atom is -0.465 e. The highest BCUT2D eigenvalue weighted by molar-refractivity contribution is 7.09. The lowest BCUT2D eigenvalue weighted by molar-refractivity contribution is -0.145. The van der Waals surface area contributed by atoms with Crippen molar-refractivity contribution in [1.29, 1.82) is 0 Å². The Hall–Kier alpha value is -1.10. The normalized spacial score (nSPS) is 19.2. The highest BCUT2D eigenvalue weighted by Gasteiger charge is 2.31. The second-order valence-electron chi connectivity index (χ2n) is 3.93. The van der Waals surface area contributed by atoms with E-state index in [0.29, 0.717) is 6.61 Å². The van der Waals surface area contributed by atoms with Gasteiger partial charge in [-0.25, -0.2) is 0 Å². The standard InChI is InChI=1S/C11H15NO3S/c1-3-15-10(13)7-5-4-6-8-9(7)12(2)11(14)16-8/h7H,3-6H2,1-2H3. The highest BCUT2D eigenvalue weighted by atomic mass is 32.1. The van der Waals surface area contributed by atoms with E-state index >= 15 is 0 Å². The molecule has 16 heavy (non-hydrogen) atoms. The number of nitrogens with zero attached hydrogens (tertiary/aromatic N) is 1. The van der Waals surface area contributed by atoms with Gasteiger partial charge in [0.25, 0.3) is 0 Å². The Bertz CT molecular complexity index is 460. The molecule has 0 N–H and O–H groups in total. The molecule has 4 nitrogen and oxygen atoms in total. The molecule has 0 saturated heterocycles. The third kappa shape index (κ3) is 1.80. The summed E-state index contributed by atoms with van der Waals surface area (Å²) in [6.45, 7) is 2.19. The molecule has 0 radical (unpaired) electrons. The van der Waals surface area contributed by atoms with Gasteiger partial charge >= 0.3 is 10.8 Å². The summed E-state index contributed by atoms with van der Waals surface area (Å²) in [7, 11) is 1.73. The van der Waals surface area contributed by atoms with E-state index in [1.807, 2.05) is 0 Å². The molecule has 0 aromatic carbocycles. The molecule has 1 heterocycles. The van der Waals surface area contributed by atoms with Crippen LogP contribution >= 0.6 is 11.3 Å². The summed E-state index contributed by atoms with van der Waals surface area (Å²) in [4.78, 5) is 24.4. The van der Waals surface area contributed by atoms with Crippen molar-refractivity contribution in [2.45, 2.75) is 32.1 Å². The topological polar surface area (TPSA) is 48.3 Å². The van der Waals surface area contributed by atoms with E-state index < -0.39 is 0 Å². The molecule has 2 rings (SSSR count). The highest BCUT2D eigenvalue weighted by Crippen LogP contribution is 2.33. The van der Waals surface area contributed by atoms with E-state index in [2.05, 4.69) is 0 Å². The number of fused-ring (bicyclic) bond motifs is 1. The summed E-state index contributed by atoms with van der Waals surface area (Å²) in [6, 6.07) is 0. The van der Waals surface area contributed by atoms with Gasteiger partial charge in [-0.15, -0.1) is 0 Å². The van der Waals surface area contributed by atoms with Gasteiger partial charge in [0.15, 0.2) is 0 Å². The van der Waals surface area contributed by atoms with Crippen LogP contribution in [0.25, 0.3) is 0 Å². The molecule has 1 unspecified atom stereocenters. The Balaban J connectivity index is 2.39. The number of rotatable bonds is 2. The Morgan fingerprint density at radius 2 is 2.38 bits per heavy atom. The van der Waals surface area contributed by atoms with Gasteiger partial charge in [-0.2, -0.15) is 0 Å². The monoisotopic (exact) mass is 241 g/mol. The maximum atomic E-state index is 11.8. The van der Waals surface area contributed by atoms with Crippen LogP contribution in [0.5, 0.6) is 0 Å². The van der Waals surface area contributed by atoms with Crippen LogP contribution in [0.2, 0.25) is 0 Å². The van der Waals surface area contributed by atoms with Crippen LogP contribution in [-0.4, -0.2) is 17.1 Å². The molecule has 88 valence electrons. The van der Waals surface area contributed by atoms with E-state index in [-0.39, 0.29) is 16.8 Å². The van der Waals surface area contributed by atoms with Crippen LogP contribution in [0.4, 0.5) is 0 Å². The molecule has 0 bridgehead atoms. The molecule has 1 aliphatic carbocycles. The molecule has 0 fully saturated rings. The number of hydrogen-bond donors (Lipinski definition) is 0. The number of aryl methyl sites for hydroxylation is 1. The first-order valence-electron chi connectivity index (χ1n) is 5.50. The van der Waals surface area contributed by atoms with Gasteiger partial charge in [-0.3, -0.25) is 9.59 Å². The first-order chi connectivity index (χ1) is 7.65. The third-order valence-corrected chi connectivity index (χ3v) is 4.04. The number of aromatic nitrogens is 1. The van der Waals surface area contributed by atoms with Gasteiger partial charge < -0.3 is 9.30 Å². The first kappa shape index (κ1) is 11.4. The van der Waals surface area contributed by atoms with E-state index in [9.17, 15) is 9.59 Å². The van der Waals surface area contributed by atoms with Crippen LogP contribution in [0.15, 0.2) is 4.79 Å². The third-order valence-electron chi connectivity index (χ3n) is 2.93. The van der Waals surface area contributed by atoms with Crippen LogP contribution in [0, 0.1) is 0 Å². The molecule has 0 spiro atoms. The second kappa shape index (κ2) is 4.41. The maximum Gasteiger partial charge on any atom is 0.314 e. The Labute approximate surface area is 97.9 Å². The van der Waals surface area contributed by atoms with E-state index in [1.165, 1.54) is 11.3 Å². The molecule has 0 aliphatic heterocycles. The zero-order valence-electron chi connectivity index (χ0n) is 9.49. The van der Waals surface area contributed by atoms with Crippen molar-refractivity contribution in [2.24, 2.45) is 7.05 Å². The van der Waals surface area contributed by atoms with Gasteiger partial charge in [0.05, 0.1) is 12.5 Å². The number of esters is 1. The summed E-state index contributed by atoms with van der Waals surface area (Å²) in [5, 5.41) is 0. The van der Waals surface area contributed by atoms with Crippen LogP contribution in [0.3, 0.4) is 0 Å². The molecular weight excluding hydrogens is 226 g/mol. The smallest absolute Gasteiger partial charge is 0.314 e. The van der Waals surface area contributed by atoms with E-state index in [0.717, 1.165) is 29.8 Å². The first-order valence-corrected chi connectivity index (χ1v) is 6.32. The molecule has 0 amide bonds. The number of carbonyl (C=O) groups is 1. The lowest BCUT2D eigenvalue weighted by Crippen LogP contribution is -2.24. The zero-order chi connectivity index (χ0) is 11.7. The van der Waals surface area contributed by atoms with Crippen LogP contribution < -0.4 is 4.87 Å². The second-order valence-corrected chi connectivity index (χ2v) is 4.98. The largest absolute Gasteiger partial charge is 0.465 e. The molecule has 1 aromatic heterocycles. The molecular formula is C11H15NO3S. The van der Waals surface area contributed by atoms with E-state index in [4.69, 9.17) is 4.74 Å². The molecule has 1 aromatic rings. The van der Waals surface area contributed by atoms with Crippen molar-refractivity contribution in [3.05, 3.63) is 20.2 Å². The molecule has 5 heteroatoms. The predicted molar refractivity (Wildman–Crippen MR) is 61.9 cm³/mol. The number of carbonyl (C=O) groups excluding carboxylic acids is 1. The quantitative estimate of drug-likeness (QED) is 0.736. The molecule has 1 atom stereocenters. The fourth-order valence-corrected chi connectivity index (χ4v) is 3.27. The Morgan fingerprint density at radius 3 is 3.06 bits per heavy atom. The van der Waals surface area contributed by atoms with Crippen molar-refractivity contribution in [3.8, 4) is 0 Å². The number of thiazole rings is 1. The summed E-state index contributed by atoms with van der Waals surface area (Å²) in [5.74, 6) is -0.440.